The highest BCUT2D eigenvalue weighted by atomic mass is 16.3. The van der Waals surface area contributed by atoms with E-state index in [1.54, 1.807) is 0 Å². The molecule has 12 rings (SSSR count). The van der Waals surface area contributed by atoms with Crippen LogP contribution in [0.15, 0.2) is 205 Å². The smallest absolute Gasteiger partial charge is 0.297 e. The van der Waals surface area contributed by atoms with Crippen molar-refractivity contribution in [3.8, 4) is 22.3 Å². The summed E-state index contributed by atoms with van der Waals surface area (Å²) in [6.07, 6.45) is 2.12. The number of para-hydroxylation sites is 2. The molecule has 0 fully saturated rings. The van der Waals surface area contributed by atoms with Crippen molar-refractivity contribution in [2.24, 2.45) is 0 Å². The summed E-state index contributed by atoms with van der Waals surface area (Å²) in [5, 5.41) is 0. The Hall–Kier alpha value is -7.50. The van der Waals surface area contributed by atoms with E-state index in [4.69, 9.17) is 4.42 Å². The molecule has 0 N–H and O–H groups in total. The highest BCUT2D eigenvalue weighted by molar-refractivity contribution is 6.99. The average molecular weight is 896 g/mol. The van der Waals surface area contributed by atoms with Gasteiger partial charge in [0, 0.05) is 50.8 Å². The van der Waals surface area contributed by atoms with Crippen LogP contribution in [0.25, 0.3) is 22.3 Å². The molecular weight excluding hydrogens is 838 g/mol. The number of hydrogen-bond donors (Lipinski definition) is 0. The van der Waals surface area contributed by atoms with Gasteiger partial charge >= 0.3 is 0 Å². The lowest BCUT2D eigenvalue weighted by Crippen LogP contribution is -2.61. The van der Waals surface area contributed by atoms with Crippen LogP contribution in [-0.4, -0.2) is 6.71 Å². The second kappa shape index (κ2) is 16.1. The fraction of sp³-hybridized carbons (Fsp3) is 0.188. The fourth-order valence-corrected chi connectivity index (χ4v) is 11.4. The zero-order chi connectivity index (χ0) is 47.2. The van der Waals surface area contributed by atoms with Crippen LogP contribution in [0.3, 0.4) is 0 Å². The molecule has 0 bridgehead atoms. The molecule has 0 spiro atoms. The van der Waals surface area contributed by atoms with Crippen LogP contribution in [0.1, 0.15) is 78.2 Å². The molecule has 8 aromatic carbocycles. The summed E-state index contributed by atoms with van der Waals surface area (Å²) in [5.74, 6) is 1.12. The van der Waals surface area contributed by atoms with Gasteiger partial charge in [-0.25, -0.2) is 0 Å². The van der Waals surface area contributed by atoms with Gasteiger partial charge in [-0.15, -0.1) is 0 Å². The Balaban J connectivity index is 1.21. The van der Waals surface area contributed by atoms with Gasteiger partial charge in [-0.1, -0.05) is 182 Å². The fourth-order valence-electron chi connectivity index (χ4n) is 11.4. The third-order valence-corrected chi connectivity index (χ3v) is 15.2. The molecule has 0 unspecified atom stereocenters. The Bertz CT molecular complexity index is 3310. The number of fused-ring (bicyclic) bond motifs is 6. The first-order valence-corrected chi connectivity index (χ1v) is 24.7. The van der Waals surface area contributed by atoms with E-state index in [0.717, 1.165) is 69.8 Å². The maximum atomic E-state index is 7.71. The van der Waals surface area contributed by atoms with Gasteiger partial charge in [-0.2, -0.15) is 0 Å². The zero-order valence-corrected chi connectivity index (χ0v) is 40.8. The van der Waals surface area contributed by atoms with Crippen molar-refractivity contribution in [1.29, 1.82) is 0 Å². The van der Waals surface area contributed by atoms with E-state index in [1.807, 2.05) is 0 Å². The largest absolute Gasteiger partial charge is 0.472 e. The topological polar surface area (TPSA) is 22.9 Å². The molecule has 0 radical (unpaired) electrons. The van der Waals surface area contributed by atoms with Gasteiger partial charge in [0.15, 0.2) is 0 Å². The number of anilines is 9. The van der Waals surface area contributed by atoms with Crippen molar-refractivity contribution in [1.82, 2.24) is 0 Å². The number of rotatable bonds is 7. The van der Waals surface area contributed by atoms with E-state index in [1.165, 1.54) is 50.0 Å². The van der Waals surface area contributed by atoms with Crippen LogP contribution in [0, 0.1) is 0 Å². The normalized spacial score (nSPS) is 15.2. The van der Waals surface area contributed by atoms with E-state index >= 15 is 0 Å². The van der Waals surface area contributed by atoms with Gasteiger partial charge in [0.25, 0.3) is 6.71 Å². The quantitative estimate of drug-likeness (QED) is 0.149. The molecule has 1 aromatic heterocycles. The van der Waals surface area contributed by atoms with Crippen molar-refractivity contribution >= 4 is 74.5 Å². The van der Waals surface area contributed by atoms with Crippen LogP contribution in [0.2, 0.25) is 0 Å². The van der Waals surface area contributed by atoms with Crippen LogP contribution < -0.4 is 31.3 Å². The second-order valence-electron chi connectivity index (χ2n) is 21.6. The molecule has 5 heteroatoms. The highest BCUT2D eigenvalue weighted by Crippen LogP contribution is 2.56. The predicted molar refractivity (Wildman–Crippen MR) is 292 cm³/mol. The van der Waals surface area contributed by atoms with Crippen LogP contribution in [-0.2, 0) is 16.2 Å². The summed E-state index contributed by atoms with van der Waals surface area (Å²) in [5.41, 5.74) is 20.7. The molecule has 9 aromatic rings. The first-order valence-electron chi connectivity index (χ1n) is 24.7. The number of nitrogens with zero attached hydrogens (tertiary/aromatic N) is 3. The monoisotopic (exact) mass is 895 g/mol. The van der Waals surface area contributed by atoms with Crippen molar-refractivity contribution in [2.45, 2.75) is 77.6 Å². The first-order chi connectivity index (χ1) is 33.4. The zero-order valence-electron chi connectivity index (χ0n) is 40.8. The Morgan fingerprint density at radius 3 is 1.54 bits per heavy atom. The molecule has 0 amide bonds. The molecule has 3 aliphatic rings. The maximum absolute atomic E-state index is 7.71. The Labute approximate surface area is 408 Å². The summed E-state index contributed by atoms with van der Waals surface area (Å²) in [6.45, 7) is 16.3. The van der Waals surface area contributed by atoms with Crippen LogP contribution in [0.4, 0.5) is 51.2 Å². The van der Waals surface area contributed by atoms with Gasteiger partial charge in [-0.05, 0) is 129 Å². The summed E-state index contributed by atoms with van der Waals surface area (Å²) in [6, 6.07) is 73.7. The molecule has 4 nitrogen and oxygen atoms in total. The van der Waals surface area contributed by atoms with E-state index < -0.39 is 0 Å². The lowest BCUT2D eigenvalue weighted by atomic mass is 9.35. The molecule has 0 atom stereocenters. The van der Waals surface area contributed by atoms with Gasteiger partial charge < -0.3 is 19.1 Å². The van der Waals surface area contributed by atoms with Gasteiger partial charge in [0.2, 0.25) is 0 Å². The van der Waals surface area contributed by atoms with E-state index in [0.29, 0.717) is 0 Å². The minimum absolute atomic E-state index is 0.000808. The lowest BCUT2D eigenvalue weighted by Gasteiger charge is -2.45. The van der Waals surface area contributed by atoms with Crippen molar-refractivity contribution in [2.75, 3.05) is 14.7 Å². The third kappa shape index (κ3) is 7.12. The van der Waals surface area contributed by atoms with E-state index in [9.17, 15) is 0 Å². The Kier molecular flexibility index (Phi) is 9.97. The Morgan fingerprint density at radius 2 is 0.957 bits per heavy atom. The van der Waals surface area contributed by atoms with Crippen molar-refractivity contribution in [3.05, 3.63) is 217 Å². The van der Waals surface area contributed by atoms with Crippen LogP contribution in [0.5, 0.6) is 0 Å². The van der Waals surface area contributed by atoms with E-state index in [-0.39, 0.29) is 23.0 Å². The van der Waals surface area contributed by atoms with Gasteiger partial charge in [0.1, 0.15) is 5.76 Å². The maximum Gasteiger partial charge on any atom is 0.297 e. The predicted octanol–water partition coefficient (Wildman–Crippen LogP) is 15.8. The minimum atomic E-state index is -0.193. The molecule has 1 aliphatic carbocycles. The third-order valence-electron chi connectivity index (χ3n) is 15.2. The lowest BCUT2D eigenvalue weighted by molar-refractivity contribution is 0.282. The number of benzene rings is 8. The molecule has 69 heavy (non-hydrogen) atoms. The Morgan fingerprint density at radius 1 is 0.478 bits per heavy atom. The molecular formula is C64H58BN3O. The number of furan rings is 1. The molecule has 3 heterocycles. The van der Waals surface area contributed by atoms with Crippen LogP contribution >= 0.6 is 0 Å². The molecule has 338 valence electrons. The van der Waals surface area contributed by atoms with Crippen molar-refractivity contribution in [3.63, 3.8) is 0 Å². The minimum Gasteiger partial charge on any atom is -0.472 e. The summed E-state index contributed by atoms with van der Waals surface area (Å²) in [7, 11) is 0. The first kappa shape index (κ1) is 42.8. The van der Waals surface area contributed by atoms with Gasteiger partial charge in [-0.3, -0.25) is 0 Å². The summed E-state index contributed by atoms with van der Waals surface area (Å²) < 4.78 is 7.71. The summed E-state index contributed by atoms with van der Waals surface area (Å²) in [4.78, 5) is 7.53. The average Bonchev–Trinajstić information content (AvgIpc) is 3.80. The second-order valence-corrected chi connectivity index (χ2v) is 21.6. The standard InChI is InChI=1S/C64H58BN3O/c1-62(2,3)47-31-35-51(36-32-47)68-56-42-52(66(48-24-16-10-17-25-48)49-26-18-11-19-27-49)41-55-58(56)65(61-59(68)57-60(69-61)64(6,7)39-38-63(57,4)5)53-40-46(44-22-14-9-15-23-44)30-37-54(53)67(55)50-33-28-45(29-34-50)43-20-12-8-13-21-43/h8-37,40-42H,38-39H2,1-7H3. The van der Waals surface area contributed by atoms with Gasteiger partial charge in [0.05, 0.1) is 17.0 Å². The molecule has 0 saturated heterocycles. The van der Waals surface area contributed by atoms with E-state index in [2.05, 4.69) is 263 Å². The van der Waals surface area contributed by atoms with Crippen molar-refractivity contribution < 1.29 is 4.42 Å². The highest BCUT2D eigenvalue weighted by Gasteiger charge is 2.52. The molecule has 2 aliphatic heterocycles. The summed E-state index contributed by atoms with van der Waals surface area (Å²) >= 11 is 0. The number of hydrogen-bond acceptors (Lipinski definition) is 4. The SMILES string of the molecule is CC(C)(C)c1ccc(N2c3cc(N(c4ccccc4)c4ccccc4)cc4c3B(c3cc(-c5ccccc5)ccc3N4c3ccc(-c4ccccc4)cc3)c3oc4c(c32)C(C)(C)CCC4(C)C)cc1. The molecule has 0 saturated carbocycles.